The first-order valence-corrected chi connectivity index (χ1v) is 10.5. The minimum absolute atomic E-state index is 0.0339. The zero-order valence-corrected chi connectivity index (χ0v) is 17.8. The Labute approximate surface area is 184 Å². The van der Waals surface area contributed by atoms with Crippen LogP contribution in [0.1, 0.15) is 53.3 Å². The molecule has 9 heteroatoms. The molecule has 1 unspecified atom stereocenters. The van der Waals surface area contributed by atoms with Gasteiger partial charge in [0.1, 0.15) is 5.75 Å². The van der Waals surface area contributed by atoms with Gasteiger partial charge in [-0.15, -0.1) is 0 Å². The smallest absolute Gasteiger partial charge is 0.416 e. The zero-order valence-electron chi connectivity index (χ0n) is 17.8. The second-order valence-corrected chi connectivity index (χ2v) is 8.23. The average molecular weight is 451 g/mol. The van der Waals surface area contributed by atoms with Gasteiger partial charge in [0, 0.05) is 31.4 Å². The number of benzene rings is 2. The van der Waals surface area contributed by atoms with Gasteiger partial charge >= 0.3 is 6.18 Å². The first-order valence-electron chi connectivity index (χ1n) is 10.5. The van der Waals surface area contributed by atoms with Crippen molar-refractivity contribution in [2.75, 3.05) is 18.5 Å². The van der Waals surface area contributed by atoms with E-state index in [1.807, 2.05) is 11.9 Å². The molecule has 0 heterocycles. The van der Waals surface area contributed by atoms with Crippen molar-refractivity contribution < 1.29 is 28.2 Å². The number of rotatable bonds is 7. The van der Waals surface area contributed by atoms with Gasteiger partial charge in [0.25, 0.3) is 5.91 Å². The highest BCUT2D eigenvalue weighted by molar-refractivity contribution is 5.95. The molecule has 2 aromatic rings. The summed E-state index contributed by atoms with van der Waals surface area (Å²) in [6.45, 7) is 0.285. The number of hydrogen-bond donors (Lipinski definition) is 4. The number of halogens is 3. The number of hydrogen-bond acceptors (Lipinski definition) is 5. The molecule has 32 heavy (non-hydrogen) atoms. The van der Waals surface area contributed by atoms with Crippen LogP contribution in [0.2, 0.25) is 0 Å². The number of alkyl halides is 3. The lowest BCUT2D eigenvalue weighted by atomic mass is 9.90. The summed E-state index contributed by atoms with van der Waals surface area (Å²) in [7, 11) is 1.89. The fraction of sp³-hybridized carbons (Fsp3) is 0.435. The van der Waals surface area contributed by atoms with Gasteiger partial charge in [0.2, 0.25) is 0 Å². The average Bonchev–Trinajstić information content (AvgIpc) is 2.77. The SMILES string of the molecule is CN(c1ccc(C(F)(F)F)cc1)[C@H]1CC[C@@H](NCC(O)c2ccc(O)c(C(N)=O)c2)CC1. The molecule has 5 N–H and O–H groups in total. The van der Waals surface area contributed by atoms with E-state index in [-0.39, 0.29) is 29.9 Å². The maximum Gasteiger partial charge on any atom is 0.416 e. The molecular weight excluding hydrogens is 423 g/mol. The molecule has 0 spiro atoms. The van der Waals surface area contributed by atoms with Crippen LogP contribution in [0.5, 0.6) is 5.75 Å². The van der Waals surface area contributed by atoms with E-state index in [0.29, 0.717) is 5.56 Å². The standard InChI is InChI=1S/C23H28F3N3O3/c1-29(17-7-3-15(4-8-17)23(24,25)26)18-9-5-16(6-10-18)28-13-21(31)14-2-11-20(30)19(12-14)22(27)32/h2-4,7-8,11-12,16,18,21,28,30-31H,5-6,9-10,13H2,1H3,(H2,27,32)/t16-,18+,21?. The monoisotopic (exact) mass is 451 g/mol. The molecule has 174 valence electrons. The number of phenols is 1. The summed E-state index contributed by atoms with van der Waals surface area (Å²) >= 11 is 0. The molecule has 0 saturated heterocycles. The largest absolute Gasteiger partial charge is 0.507 e. The van der Waals surface area contributed by atoms with Crippen molar-refractivity contribution in [2.24, 2.45) is 5.73 Å². The van der Waals surface area contributed by atoms with Crippen molar-refractivity contribution in [3.05, 3.63) is 59.2 Å². The number of anilines is 1. The van der Waals surface area contributed by atoms with Gasteiger partial charge in [0.05, 0.1) is 17.2 Å². The molecule has 1 aliphatic rings. The van der Waals surface area contributed by atoms with Gasteiger partial charge in [-0.05, 0) is 67.6 Å². The zero-order chi connectivity index (χ0) is 23.5. The fourth-order valence-corrected chi connectivity index (χ4v) is 4.12. The normalized spacial score (nSPS) is 20.0. The van der Waals surface area contributed by atoms with Gasteiger partial charge in [-0.3, -0.25) is 4.79 Å². The predicted molar refractivity (Wildman–Crippen MR) is 115 cm³/mol. The Bertz CT molecular complexity index is 926. The molecule has 0 radical (unpaired) electrons. The van der Waals surface area contributed by atoms with Crippen molar-refractivity contribution in [3.8, 4) is 5.75 Å². The number of carbonyl (C=O) groups excluding carboxylic acids is 1. The third-order valence-corrected chi connectivity index (χ3v) is 6.12. The molecule has 1 fully saturated rings. The van der Waals surface area contributed by atoms with E-state index in [0.717, 1.165) is 43.5 Å². The lowest BCUT2D eigenvalue weighted by molar-refractivity contribution is -0.137. The number of nitrogens with zero attached hydrogens (tertiary/aromatic N) is 1. The van der Waals surface area contributed by atoms with Crippen molar-refractivity contribution in [1.29, 1.82) is 0 Å². The van der Waals surface area contributed by atoms with Gasteiger partial charge in [0.15, 0.2) is 0 Å². The third kappa shape index (κ3) is 5.72. The third-order valence-electron chi connectivity index (χ3n) is 6.12. The van der Waals surface area contributed by atoms with Crippen LogP contribution in [0.4, 0.5) is 18.9 Å². The van der Waals surface area contributed by atoms with Gasteiger partial charge in [-0.2, -0.15) is 13.2 Å². The van der Waals surface area contributed by atoms with E-state index < -0.39 is 23.8 Å². The van der Waals surface area contributed by atoms with Gasteiger partial charge in [-0.25, -0.2) is 0 Å². The molecule has 2 aromatic carbocycles. The number of aromatic hydroxyl groups is 1. The van der Waals surface area contributed by atoms with Gasteiger partial charge in [-0.1, -0.05) is 6.07 Å². The van der Waals surface area contributed by atoms with Crippen LogP contribution in [0.25, 0.3) is 0 Å². The highest BCUT2D eigenvalue weighted by Gasteiger charge is 2.30. The quantitative estimate of drug-likeness (QED) is 0.516. The molecule has 1 aliphatic carbocycles. The molecule has 3 rings (SSSR count). The molecule has 0 aromatic heterocycles. The summed E-state index contributed by atoms with van der Waals surface area (Å²) in [4.78, 5) is 13.4. The maximum absolute atomic E-state index is 12.8. The number of amides is 1. The van der Waals surface area contributed by atoms with E-state index in [1.54, 1.807) is 6.07 Å². The number of aliphatic hydroxyl groups is 1. The summed E-state index contributed by atoms with van der Waals surface area (Å²) in [6, 6.07) is 9.91. The lowest BCUT2D eigenvalue weighted by Crippen LogP contribution is -2.42. The molecular formula is C23H28F3N3O3. The maximum atomic E-state index is 12.8. The summed E-state index contributed by atoms with van der Waals surface area (Å²) < 4.78 is 38.3. The number of nitrogens with one attached hydrogen (secondary N) is 1. The van der Waals surface area contributed by atoms with Crippen LogP contribution in [-0.2, 0) is 6.18 Å². The summed E-state index contributed by atoms with van der Waals surface area (Å²) in [5.41, 5.74) is 5.78. The molecule has 6 nitrogen and oxygen atoms in total. The van der Waals surface area contributed by atoms with Crippen LogP contribution in [0.3, 0.4) is 0 Å². The van der Waals surface area contributed by atoms with E-state index >= 15 is 0 Å². The molecule has 1 atom stereocenters. The van der Waals surface area contributed by atoms with Gasteiger partial charge < -0.3 is 26.2 Å². The molecule has 0 bridgehead atoms. The van der Waals surface area contributed by atoms with E-state index in [1.165, 1.54) is 24.3 Å². The Morgan fingerprint density at radius 2 is 1.78 bits per heavy atom. The van der Waals surface area contributed by atoms with Crippen LogP contribution >= 0.6 is 0 Å². The number of nitrogens with two attached hydrogens (primary N) is 1. The summed E-state index contributed by atoms with van der Waals surface area (Å²) in [6.07, 6.45) is -1.73. The van der Waals surface area contributed by atoms with E-state index in [2.05, 4.69) is 5.32 Å². The second kappa shape index (κ2) is 9.79. The number of primary amides is 1. The Kier molecular flexibility index (Phi) is 7.30. The number of aliphatic hydroxyl groups excluding tert-OH is 1. The molecule has 1 amide bonds. The minimum atomic E-state index is -4.34. The van der Waals surface area contributed by atoms with E-state index in [9.17, 15) is 28.2 Å². The molecule has 1 saturated carbocycles. The predicted octanol–water partition coefficient (Wildman–Crippen LogP) is 3.58. The van der Waals surface area contributed by atoms with Crippen LogP contribution < -0.4 is 16.0 Å². The Morgan fingerprint density at radius 1 is 1.16 bits per heavy atom. The van der Waals surface area contributed by atoms with Crippen molar-refractivity contribution >= 4 is 11.6 Å². The molecule has 0 aliphatic heterocycles. The van der Waals surface area contributed by atoms with Crippen molar-refractivity contribution in [3.63, 3.8) is 0 Å². The second-order valence-electron chi connectivity index (χ2n) is 8.23. The van der Waals surface area contributed by atoms with Crippen molar-refractivity contribution in [2.45, 2.75) is 50.0 Å². The summed E-state index contributed by atoms with van der Waals surface area (Å²) in [5.74, 6) is -0.989. The van der Waals surface area contributed by atoms with Crippen LogP contribution in [0.15, 0.2) is 42.5 Å². The summed E-state index contributed by atoms with van der Waals surface area (Å²) in [5, 5.41) is 23.4. The van der Waals surface area contributed by atoms with Crippen LogP contribution in [-0.4, -0.2) is 41.8 Å². The first-order chi connectivity index (χ1) is 15.1. The topological polar surface area (TPSA) is 98.8 Å². The van der Waals surface area contributed by atoms with Crippen molar-refractivity contribution in [1.82, 2.24) is 5.32 Å². The fourth-order valence-electron chi connectivity index (χ4n) is 4.12. The van der Waals surface area contributed by atoms with E-state index in [4.69, 9.17) is 5.73 Å². The Balaban J connectivity index is 1.49. The Morgan fingerprint density at radius 3 is 2.34 bits per heavy atom. The minimum Gasteiger partial charge on any atom is -0.507 e. The highest BCUT2D eigenvalue weighted by Crippen LogP contribution is 2.32. The highest BCUT2D eigenvalue weighted by atomic mass is 19.4. The first kappa shape index (κ1) is 23.9. The Hall–Kier alpha value is -2.78. The number of carbonyl (C=O) groups is 1. The lowest BCUT2D eigenvalue weighted by Gasteiger charge is -2.36. The van der Waals surface area contributed by atoms with Crippen LogP contribution in [0, 0.1) is 0 Å².